The maximum atomic E-state index is 3.73. The average molecular weight is 242 g/mol. The minimum Gasteiger partial charge on any atom is -0.365 e. The van der Waals surface area contributed by atoms with Gasteiger partial charge in [0, 0.05) is 22.6 Å². The van der Waals surface area contributed by atoms with Gasteiger partial charge in [-0.05, 0) is 37.3 Å². The van der Waals surface area contributed by atoms with E-state index in [-0.39, 0.29) is 0 Å². The summed E-state index contributed by atoms with van der Waals surface area (Å²) in [5.41, 5.74) is 1.41. The van der Waals surface area contributed by atoms with Crippen LogP contribution in [0.3, 0.4) is 0 Å². The SMILES string of the molecule is CC1CCC(Br)CC1c1ccc[nH]1. The molecule has 1 saturated carbocycles. The second-order valence-corrected chi connectivity index (χ2v) is 5.41. The van der Waals surface area contributed by atoms with E-state index in [0.717, 1.165) is 16.7 Å². The van der Waals surface area contributed by atoms with Crippen LogP contribution in [0.1, 0.15) is 37.8 Å². The van der Waals surface area contributed by atoms with Gasteiger partial charge in [-0.25, -0.2) is 0 Å². The van der Waals surface area contributed by atoms with Crippen molar-refractivity contribution in [2.45, 2.75) is 36.9 Å². The zero-order valence-corrected chi connectivity index (χ0v) is 9.55. The van der Waals surface area contributed by atoms with Crippen LogP contribution in [0.2, 0.25) is 0 Å². The van der Waals surface area contributed by atoms with Crippen molar-refractivity contribution in [3.8, 4) is 0 Å². The summed E-state index contributed by atoms with van der Waals surface area (Å²) in [4.78, 5) is 4.06. The minimum absolute atomic E-state index is 0.719. The van der Waals surface area contributed by atoms with Gasteiger partial charge >= 0.3 is 0 Å². The highest BCUT2D eigenvalue weighted by Crippen LogP contribution is 2.39. The molecule has 0 bridgehead atoms. The van der Waals surface area contributed by atoms with Crippen molar-refractivity contribution < 1.29 is 0 Å². The van der Waals surface area contributed by atoms with Crippen molar-refractivity contribution >= 4 is 15.9 Å². The summed E-state index contributed by atoms with van der Waals surface area (Å²) in [6.45, 7) is 2.37. The van der Waals surface area contributed by atoms with E-state index in [9.17, 15) is 0 Å². The van der Waals surface area contributed by atoms with Gasteiger partial charge in [-0.15, -0.1) is 0 Å². The fourth-order valence-corrected chi connectivity index (χ4v) is 2.95. The molecule has 72 valence electrons. The monoisotopic (exact) mass is 241 g/mol. The van der Waals surface area contributed by atoms with E-state index < -0.39 is 0 Å². The molecule has 2 heteroatoms. The molecule has 13 heavy (non-hydrogen) atoms. The number of hydrogen-bond donors (Lipinski definition) is 1. The molecule has 0 saturated heterocycles. The largest absolute Gasteiger partial charge is 0.365 e. The minimum atomic E-state index is 0.719. The molecule has 2 rings (SSSR count). The fourth-order valence-electron chi connectivity index (χ4n) is 2.28. The molecule has 0 radical (unpaired) electrons. The van der Waals surface area contributed by atoms with Gasteiger partial charge in [0.1, 0.15) is 0 Å². The Labute approximate surface area is 88.1 Å². The first-order valence-corrected chi connectivity index (χ1v) is 5.96. The van der Waals surface area contributed by atoms with E-state index >= 15 is 0 Å². The predicted octanol–water partition coefficient (Wildman–Crippen LogP) is 3.68. The molecule has 0 amide bonds. The predicted molar refractivity (Wildman–Crippen MR) is 59.3 cm³/mol. The highest BCUT2D eigenvalue weighted by Gasteiger charge is 2.27. The van der Waals surface area contributed by atoms with Gasteiger partial charge in [-0.2, -0.15) is 0 Å². The lowest BCUT2D eigenvalue weighted by atomic mass is 9.79. The summed E-state index contributed by atoms with van der Waals surface area (Å²) in [6, 6.07) is 4.31. The summed E-state index contributed by atoms with van der Waals surface area (Å²) < 4.78 is 0. The summed E-state index contributed by atoms with van der Waals surface area (Å²) in [6.07, 6.45) is 5.99. The molecule has 1 heterocycles. The first-order valence-electron chi connectivity index (χ1n) is 5.04. The summed E-state index contributed by atoms with van der Waals surface area (Å²) in [5.74, 6) is 1.56. The van der Waals surface area contributed by atoms with Crippen LogP contribution in [0.15, 0.2) is 18.3 Å². The van der Waals surface area contributed by atoms with E-state index in [1.807, 2.05) is 6.20 Å². The molecular formula is C11H16BrN. The summed E-state index contributed by atoms with van der Waals surface area (Å²) in [5, 5.41) is 0. The molecule has 1 aromatic heterocycles. The van der Waals surface area contributed by atoms with Crippen molar-refractivity contribution in [1.29, 1.82) is 0 Å². The lowest BCUT2D eigenvalue weighted by molar-refractivity contribution is 0.336. The Morgan fingerprint density at radius 3 is 3.00 bits per heavy atom. The first-order chi connectivity index (χ1) is 6.27. The third-order valence-corrected chi connectivity index (χ3v) is 3.98. The van der Waals surface area contributed by atoms with Gasteiger partial charge in [0.25, 0.3) is 0 Å². The van der Waals surface area contributed by atoms with Gasteiger partial charge in [-0.1, -0.05) is 22.9 Å². The van der Waals surface area contributed by atoms with E-state index in [0.29, 0.717) is 0 Å². The number of rotatable bonds is 1. The quantitative estimate of drug-likeness (QED) is 0.723. The lowest BCUT2D eigenvalue weighted by Gasteiger charge is -2.31. The first kappa shape index (κ1) is 9.32. The van der Waals surface area contributed by atoms with Crippen LogP contribution in [-0.2, 0) is 0 Å². The van der Waals surface area contributed by atoms with Crippen molar-refractivity contribution in [2.24, 2.45) is 5.92 Å². The van der Waals surface area contributed by atoms with Gasteiger partial charge in [0.15, 0.2) is 0 Å². The van der Waals surface area contributed by atoms with E-state index in [1.54, 1.807) is 0 Å². The smallest absolute Gasteiger partial charge is 0.0181 e. The lowest BCUT2D eigenvalue weighted by Crippen LogP contribution is -2.21. The molecule has 1 fully saturated rings. The molecule has 3 unspecified atom stereocenters. The topological polar surface area (TPSA) is 15.8 Å². The van der Waals surface area contributed by atoms with Crippen LogP contribution >= 0.6 is 15.9 Å². The van der Waals surface area contributed by atoms with Crippen LogP contribution in [-0.4, -0.2) is 9.81 Å². The van der Waals surface area contributed by atoms with Crippen LogP contribution in [0.25, 0.3) is 0 Å². The number of nitrogens with one attached hydrogen (secondary N) is 1. The van der Waals surface area contributed by atoms with E-state index in [2.05, 4.69) is 40.0 Å². The Bertz CT molecular complexity index is 255. The van der Waals surface area contributed by atoms with Crippen LogP contribution in [0.4, 0.5) is 0 Å². The molecule has 0 spiro atoms. The van der Waals surface area contributed by atoms with Gasteiger partial charge in [0.2, 0.25) is 0 Å². The van der Waals surface area contributed by atoms with Crippen molar-refractivity contribution in [1.82, 2.24) is 4.98 Å². The molecule has 1 aromatic rings. The number of H-pyrrole nitrogens is 1. The highest BCUT2D eigenvalue weighted by atomic mass is 79.9. The summed E-state index contributed by atoms with van der Waals surface area (Å²) in [7, 11) is 0. The standard InChI is InChI=1S/C11H16BrN/c1-8-4-5-9(12)7-10(8)11-3-2-6-13-11/h2-3,6,8-10,13H,4-5,7H2,1H3. The van der Waals surface area contributed by atoms with Gasteiger partial charge in [-0.3, -0.25) is 0 Å². The molecule has 1 N–H and O–H groups in total. The van der Waals surface area contributed by atoms with E-state index in [4.69, 9.17) is 0 Å². The van der Waals surface area contributed by atoms with E-state index in [1.165, 1.54) is 25.0 Å². The zero-order chi connectivity index (χ0) is 9.26. The number of halogens is 1. The third kappa shape index (κ3) is 1.98. The van der Waals surface area contributed by atoms with Crippen molar-refractivity contribution in [3.63, 3.8) is 0 Å². The molecule has 3 atom stereocenters. The second-order valence-electron chi connectivity index (χ2n) is 4.12. The molecule has 1 nitrogen and oxygen atoms in total. The van der Waals surface area contributed by atoms with Gasteiger partial charge in [0.05, 0.1) is 0 Å². The summed E-state index contributed by atoms with van der Waals surface area (Å²) >= 11 is 3.73. The highest BCUT2D eigenvalue weighted by molar-refractivity contribution is 9.09. The second kappa shape index (κ2) is 3.87. The molecule has 0 aromatic carbocycles. The van der Waals surface area contributed by atoms with Crippen LogP contribution in [0.5, 0.6) is 0 Å². The normalized spacial score (nSPS) is 34.8. The maximum absolute atomic E-state index is 3.73. The number of hydrogen-bond acceptors (Lipinski definition) is 0. The molecular weight excluding hydrogens is 226 g/mol. The Hall–Kier alpha value is -0.240. The molecule has 1 aliphatic rings. The third-order valence-electron chi connectivity index (χ3n) is 3.15. The number of aromatic nitrogens is 1. The van der Waals surface area contributed by atoms with Crippen molar-refractivity contribution in [2.75, 3.05) is 0 Å². The Balaban J connectivity index is 2.12. The Kier molecular flexibility index (Phi) is 2.77. The molecule has 0 aliphatic heterocycles. The number of aromatic amines is 1. The van der Waals surface area contributed by atoms with Crippen LogP contribution < -0.4 is 0 Å². The fraction of sp³-hybridized carbons (Fsp3) is 0.636. The van der Waals surface area contributed by atoms with Gasteiger partial charge < -0.3 is 4.98 Å². The average Bonchev–Trinajstić information content (AvgIpc) is 2.61. The Morgan fingerprint density at radius 2 is 2.31 bits per heavy atom. The Morgan fingerprint density at radius 1 is 1.46 bits per heavy atom. The zero-order valence-electron chi connectivity index (χ0n) is 7.96. The van der Waals surface area contributed by atoms with Crippen LogP contribution in [0, 0.1) is 5.92 Å². The van der Waals surface area contributed by atoms with Crippen molar-refractivity contribution in [3.05, 3.63) is 24.0 Å². The number of alkyl halides is 1. The molecule has 1 aliphatic carbocycles. The maximum Gasteiger partial charge on any atom is 0.0181 e.